The molecule has 2 aromatic rings. The summed E-state index contributed by atoms with van der Waals surface area (Å²) in [5, 5.41) is 6.53. The van der Waals surface area contributed by atoms with Gasteiger partial charge in [-0.1, -0.05) is 43.3 Å². The van der Waals surface area contributed by atoms with Crippen molar-refractivity contribution in [1.29, 1.82) is 0 Å². The highest BCUT2D eigenvalue weighted by atomic mass is 127. The molecule has 0 bridgehead atoms. The Bertz CT molecular complexity index is 739. The smallest absolute Gasteiger partial charge is 0.244 e. The molecule has 0 fully saturated rings. The predicted octanol–water partition coefficient (Wildman–Crippen LogP) is 3.06. The zero-order valence-electron chi connectivity index (χ0n) is 17.5. The van der Waals surface area contributed by atoms with Crippen molar-refractivity contribution in [3.05, 3.63) is 66.0 Å². The van der Waals surface area contributed by atoms with Gasteiger partial charge in [-0.05, 0) is 30.5 Å². The fraction of sp³-hybridized carbons (Fsp3) is 0.409. The van der Waals surface area contributed by atoms with Crippen molar-refractivity contribution in [2.24, 2.45) is 4.99 Å². The molecule has 0 spiro atoms. The molecule has 0 aliphatic heterocycles. The lowest BCUT2D eigenvalue weighted by Gasteiger charge is -2.18. The van der Waals surface area contributed by atoms with Crippen LogP contribution in [0, 0.1) is 0 Å². The van der Waals surface area contributed by atoms with Crippen molar-refractivity contribution in [3.63, 3.8) is 0 Å². The molecule has 6 nitrogen and oxygen atoms in total. The Morgan fingerprint density at radius 1 is 1.14 bits per heavy atom. The maximum absolute atomic E-state index is 12.4. The molecule has 29 heavy (non-hydrogen) atoms. The number of aromatic nitrogens is 1. The van der Waals surface area contributed by atoms with Crippen LogP contribution in [0.3, 0.4) is 0 Å². The largest absolute Gasteiger partial charge is 0.357 e. The SMILES string of the molecule is CCNC(=NCC(=O)N(C)CCc1ccccn1)NCC(C)c1ccccc1.I. The number of aliphatic imine (C=N–C) groups is 1. The number of halogens is 1. The number of likely N-dealkylation sites (N-methyl/N-ethyl adjacent to an activating group) is 1. The van der Waals surface area contributed by atoms with Gasteiger partial charge in [0.2, 0.25) is 5.91 Å². The van der Waals surface area contributed by atoms with E-state index in [0.29, 0.717) is 18.4 Å². The predicted molar refractivity (Wildman–Crippen MR) is 130 cm³/mol. The summed E-state index contributed by atoms with van der Waals surface area (Å²) in [5.41, 5.74) is 2.26. The van der Waals surface area contributed by atoms with E-state index in [1.807, 2.05) is 43.3 Å². The van der Waals surface area contributed by atoms with Crippen LogP contribution in [0.4, 0.5) is 0 Å². The average Bonchev–Trinajstić information content (AvgIpc) is 2.74. The molecular weight excluding hydrogens is 477 g/mol. The third-order valence-corrected chi connectivity index (χ3v) is 4.52. The number of guanidine groups is 1. The van der Waals surface area contributed by atoms with Crippen molar-refractivity contribution >= 4 is 35.8 Å². The van der Waals surface area contributed by atoms with Gasteiger partial charge in [0.05, 0.1) is 0 Å². The summed E-state index contributed by atoms with van der Waals surface area (Å²) in [6, 6.07) is 16.2. The lowest BCUT2D eigenvalue weighted by atomic mass is 10.0. The first-order chi connectivity index (χ1) is 13.6. The highest BCUT2D eigenvalue weighted by Gasteiger charge is 2.10. The number of nitrogens with one attached hydrogen (secondary N) is 2. The standard InChI is InChI=1S/C22H31N5O.HI/c1-4-23-22(25-16-18(2)19-10-6-5-7-11-19)26-17-21(28)27(3)15-13-20-12-8-9-14-24-20;/h5-12,14,18H,4,13,15-17H2,1-3H3,(H2,23,25,26);1H. The molecule has 1 heterocycles. The highest BCUT2D eigenvalue weighted by molar-refractivity contribution is 14.0. The number of pyridine rings is 1. The molecule has 0 saturated heterocycles. The molecule has 1 amide bonds. The van der Waals surface area contributed by atoms with Gasteiger partial charge in [0.25, 0.3) is 0 Å². The molecule has 0 saturated carbocycles. The molecule has 0 radical (unpaired) electrons. The minimum absolute atomic E-state index is 0. The molecule has 1 aromatic heterocycles. The van der Waals surface area contributed by atoms with Crippen molar-refractivity contribution < 1.29 is 4.79 Å². The molecule has 0 aliphatic carbocycles. The van der Waals surface area contributed by atoms with Crippen LogP contribution < -0.4 is 10.6 Å². The summed E-state index contributed by atoms with van der Waals surface area (Å²) < 4.78 is 0. The molecular formula is C22H32IN5O. The van der Waals surface area contributed by atoms with Crippen LogP contribution in [-0.2, 0) is 11.2 Å². The molecule has 1 unspecified atom stereocenters. The van der Waals surface area contributed by atoms with Gasteiger partial charge in [0, 0.05) is 45.0 Å². The number of hydrogen-bond donors (Lipinski definition) is 2. The highest BCUT2D eigenvalue weighted by Crippen LogP contribution is 2.12. The number of carbonyl (C=O) groups is 1. The van der Waals surface area contributed by atoms with E-state index in [2.05, 4.69) is 39.7 Å². The molecule has 7 heteroatoms. The van der Waals surface area contributed by atoms with E-state index in [9.17, 15) is 4.79 Å². The van der Waals surface area contributed by atoms with Crippen LogP contribution in [0.5, 0.6) is 0 Å². The molecule has 158 valence electrons. The van der Waals surface area contributed by atoms with Gasteiger partial charge in [0.1, 0.15) is 6.54 Å². The van der Waals surface area contributed by atoms with Crippen molar-refractivity contribution in [2.45, 2.75) is 26.2 Å². The lowest BCUT2D eigenvalue weighted by Crippen LogP contribution is -2.40. The monoisotopic (exact) mass is 509 g/mol. The second-order valence-corrected chi connectivity index (χ2v) is 6.77. The number of carbonyl (C=O) groups excluding carboxylic acids is 1. The maximum atomic E-state index is 12.4. The van der Waals surface area contributed by atoms with Crippen molar-refractivity contribution in [1.82, 2.24) is 20.5 Å². The fourth-order valence-corrected chi connectivity index (χ4v) is 2.71. The minimum Gasteiger partial charge on any atom is -0.357 e. The van der Waals surface area contributed by atoms with E-state index < -0.39 is 0 Å². The van der Waals surface area contributed by atoms with Crippen LogP contribution in [0.15, 0.2) is 59.7 Å². The number of benzene rings is 1. The van der Waals surface area contributed by atoms with Gasteiger partial charge in [-0.3, -0.25) is 9.78 Å². The van der Waals surface area contributed by atoms with Gasteiger partial charge in [-0.25, -0.2) is 4.99 Å². The van der Waals surface area contributed by atoms with E-state index in [4.69, 9.17) is 0 Å². The Labute approximate surface area is 191 Å². The van der Waals surface area contributed by atoms with E-state index in [0.717, 1.165) is 25.2 Å². The Morgan fingerprint density at radius 3 is 2.52 bits per heavy atom. The summed E-state index contributed by atoms with van der Waals surface area (Å²) in [5.74, 6) is 1.00. The number of rotatable bonds is 9. The Balaban J connectivity index is 0.00000420. The second-order valence-electron chi connectivity index (χ2n) is 6.77. The average molecular weight is 509 g/mol. The van der Waals surface area contributed by atoms with E-state index in [1.165, 1.54) is 5.56 Å². The minimum atomic E-state index is -0.00996. The normalized spacial score (nSPS) is 11.9. The van der Waals surface area contributed by atoms with Crippen LogP contribution in [0.1, 0.15) is 31.0 Å². The number of hydrogen-bond acceptors (Lipinski definition) is 3. The zero-order chi connectivity index (χ0) is 20.2. The van der Waals surface area contributed by atoms with Gasteiger partial charge in [-0.2, -0.15) is 0 Å². The first-order valence-electron chi connectivity index (χ1n) is 9.81. The Morgan fingerprint density at radius 2 is 1.86 bits per heavy atom. The summed E-state index contributed by atoms with van der Waals surface area (Å²) in [6.07, 6.45) is 2.51. The van der Waals surface area contributed by atoms with E-state index >= 15 is 0 Å². The van der Waals surface area contributed by atoms with Crippen LogP contribution >= 0.6 is 24.0 Å². The molecule has 1 aromatic carbocycles. The van der Waals surface area contributed by atoms with Gasteiger partial charge >= 0.3 is 0 Å². The summed E-state index contributed by atoms with van der Waals surface area (Å²) in [6.45, 7) is 6.42. The lowest BCUT2D eigenvalue weighted by molar-refractivity contribution is -0.128. The third-order valence-electron chi connectivity index (χ3n) is 4.52. The van der Waals surface area contributed by atoms with Gasteiger partial charge < -0.3 is 15.5 Å². The third kappa shape index (κ3) is 9.25. The van der Waals surface area contributed by atoms with Gasteiger partial charge in [-0.15, -0.1) is 24.0 Å². The van der Waals surface area contributed by atoms with Gasteiger partial charge in [0.15, 0.2) is 5.96 Å². The van der Waals surface area contributed by atoms with Crippen LogP contribution in [-0.4, -0.2) is 55.0 Å². The zero-order valence-corrected chi connectivity index (χ0v) is 19.8. The topological polar surface area (TPSA) is 69.6 Å². The summed E-state index contributed by atoms with van der Waals surface area (Å²) in [7, 11) is 1.80. The molecule has 1 atom stereocenters. The molecule has 2 N–H and O–H groups in total. The quantitative estimate of drug-likeness (QED) is 0.310. The molecule has 0 aliphatic rings. The Kier molecular flexibility index (Phi) is 11.9. The maximum Gasteiger partial charge on any atom is 0.244 e. The number of amides is 1. The van der Waals surface area contributed by atoms with E-state index in [1.54, 1.807) is 18.1 Å². The summed E-state index contributed by atoms with van der Waals surface area (Å²) >= 11 is 0. The van der Waals surface area contributed by atoms with Crippen molar-refractivity contribution in [2.75, 3.05) is 33.2 Å². The Hall–Kier alpha value is -2.16. The fourth-order valence-electron chi connectivity index (χ4n) is 2.71. The molecule has 2 rings (SSSR count). The van der Waals surface area contributed by atoms with Crippen LogP contribution in [0.2, 0.25) is 0 Å². The van der Waals surface area contributed by atoms with Crippen molar-refractivity contribution in [3.8, 4) is 0 Å². The first-order valence-corrected chi connectivity index (χ1v) is 9.81. The second kappa shape index (κ2) is 13.9. The summed E-state index contributed by atoms with van der Waals surface area (Å²) in [4.78, 5) is 22.8. The number of nitrogens with zero attached hydrogens (tertiary/aromatic N) is 3. The van der Waals surface area contributed by atoms with E-state index in [-0.39, 0.29) is 36.4 Å². The first kappa shape index (κ1) is 24.9. The van der Waals surface area contributed by atoms with Crippen LogP contribution in [0.25, 0.3) is 0 Å².